The molecule has 0 aliphatic carbocycles. The third kappa shape index (κ3) is 3.56. The van der Waals surface area contributed by atoms with Crippen LogP contribution >= 0.6 is 0 Å². The molecule has 144 valence electrons. The predicted octanol–water partition coefficient (Wildman–Crippen LogP) is 4.82. The third-order valence-electron chi connectivity index (χ3n) is 4.82. The van der Waals surface area contributed by atoms with Crippen molar-refractivity contribution in [2.24, 2.45) is 11.1 Å². The molecule has 5 nitrogen and oxygen atoms in total. The maximum absolute atomic E-state index is 13.5. The van der Waals surface area contributed by atoms with Gasteiger partial charge < -0.3 is 15.8 Å². The number of fused-ring (bicyclic) bond motifs is 1. The van der Waals surface area contributed by atoms with E-state index in [1.54, 1.807) is 24.3 Å². The predicted molar refractivity (Wildman–Crippen MR) is 111 cm³/mol. The van der Waals surface area contributed by atoms with E-state index in [-0.39, 0.29) is 0 Å². The SMILES string of the molecule is CC(C)(C)C(OC(N)=O)(C(=O)Nc1ccc2ccccc2c1)c1ccccc1. The fraction of sp³-hybridized carbons (Fsp3) is 0.217. The van der Waals surface area contributed by atoms with Gasteiger partial charge >= 0.3 is 6.09 Å². The van der Waals surface area contributed by atoms with Gasteiger partial charge in [-0.3, -0.25) is 4.79 Å². The molecule has 0 radical (unpaired) electrons. The summed E-state index contributed by atoms with van der Waals surface area (Å²) >= 11 is 0. The van der Waals surface area contributed by atoms with Crippen LogP contribution in [0.25, 0.3) is 10.8 Å². The zero-order valence-corrected chi connectivity index (χ0v) is 16.2. The number of nitrogens with two attached hydrogens (primary N) is 1. The Morgan fingerprint density at radius 2 is 1.46 bits per heavy atom. The molecule has 0 spiro atoms. The molecule has 5 heteroatoms. The molecule has 0 heterocycles. The normalized spacial score (nSPS) is 13.5. The van der Waals surface area contributed by atoms with Gasteiger partial charge in [-0.2, -0.15) is 0 Å². The number of primary amides is 1. The van der Waals surface area contributed by atoms with Crippen LogP contribution in [-0.2, 0) is 15.1 Å². The minimum Gasteiger partial charge on any atom is -0.427 e. The van der Waals surface area contributed by atoms with Crippen LogP contribution in [0.4, 0.5) is 10.5 Å². The fourth-order valence-corrected chi connectivity index (χ4v) is 3.47. The summed E-state index contributed by atoms with van der Waals surface area (Å²) in [6.45, 7) is 5.51. The summed E-state index contributed by atoms with van der Waals surface area (Å²) < 4.78 is 5.54. The van der Waals surface area contributed by atoms with Crippen molar-refractivity contribution in [1.29, 1.82) is 0 Å². The van der Waals surface area contributed by atoms with Gasteiger partial charge in [-0.25, -0.2) is 4.79 Å². The first-order valence-electron chi connectivity index (χ1n) is 9.08. The first-order chi connectivity index (χ1) is 13.2. The molecule has 0 saturated heterocycles. The monoisotopic (exact) mass is 376 g/mol. The van der Waals surface area contributed by atoms with Crippen LogP contribution in [0.1, 0.15) is 26.3 Å². The second kappa shape index (κ2) is 7.35. The van der Waals surface area contributed by atoms with E-state index >= 15 is 0 Å². The van der Waals surface area contributed by atoms with Crippen LogP contribution in [0.2, 0.25) is 0 Å². The number of benzene rings is 3. The second-order valence-electron chi connectivity index (χ2n) is 7.73. The number of ether oxygens (including phenoxy) is 1. The minimum atomic E-state index is -1.59. The van der Waals surface area contributed by atoms with Crippen LogP contribution in [-0.4, -0.2) is 12.0 Å². The molecule has 2 amide bonds. The highest BCUT2D eigenvalue weighted by Gasteiger charge is 2.53. The van der Waals surface area contributed by atoms with E-state index in [1.807, 2.05) is 69.3 Å². The molecule has 0 fully saturated rings. The largest absolute Gasteiger partial charge is 0.427 e. The summed E-state index contributed by atoms with van der Waals surface area (Å²) in [4.78, 5) is 25.3. The van der Waals surface area contributed by atoms with Crippen molar-refractivity contribution in [3.63, 3.8) is 0 Å². The van der Waals surface area contributed by atoms with Gasteiger partial charge in [-0.15, -0.1) is 0 Å². The van der Waals surface area contributed by atoms with Gasteiger partial charge in [0.25, 0.3) is 5.91 Å². The van der Waals surface area contributed by atoms with E-state index in [9.17, 15) is 9.59 Å². The Kier molecular flexibility index (Phi) is 5.10. The second-order valence-corrected chi connectivity index (χ2v) is 7.73. The van der Waals surface area contributed by atoms with Crippen LogP contribution < -0.4 is 11.1 Å². The molecule has 1 unspecified atom stereocenters. The van der Waals surface area contributed by atoms with Crippen LogP contribution in [0.5, 0.6) is 0 Å². The molecule has 0 bridgehead atoms. The summed E-state index contributed by atoms with van der Waals surface area (Å²) in [5.74, 6) is -0.458. The van der Waals surface area contributed by atoms with Gasteiger partial charge in [0.15, 0.2) is 0 Å². The maximum atomic E-state index is 13.5. The number of hydrogen-bond donors (Lipinski definition) is 2. The zero-order chi connectivity index (χ0) is 20.4. The average Bonchev–Trinajstić information content (AvgIpc) is 2.65. The van der Waals surface area contributed by atoms with E-state index in [1.165, 1.54) is 0 Å². The standard InChI is InChI=1S/C23H24N2O3/c1-22(2,3)23(28-21(24)27,18-11-5-4-6-12-18)20(26)25-19-14-13-16-9-7-8-10-17(16)15-19/h4-15H,1-3H3,(H2,24,27)(H,25,26). The average molecular weight is 376 g/mol. The van der Waals surface area contributed by atoms with Crippen LogP contribution in [0, 0.1) is 5.41 Å². The molecule has 28 heavy (non-hydrogen) atoms. The van der Waals surface area contributed by atoms with Crippen LogP contribution in [0.3, 0.4) is 0 Å². The Hall–Kier alpha value is -3.34. The maximum Gasteiger partial charge on any atom is 0.405 e. The van der Waals surface area contributed by atoms with Crippen molar-refractivity contribution >= 4 is 28.5 Å². The Labute approximate surface area is 164 Å². The number of hydrogen-bond acceptors (Lipinski definition) is 3. The lowest BCUT2D eigenvalue weighted by atomic mass is 9.71. The van der Waals surface area contributed by atoms with Gasteiger partial charge in [0.05, 0.1) is 0 Å². The van der Waals surface area contributed by atoms with Crippen molar-refractivity contribution in [2.75, 3.05) is 5.32 Å². The molecule has 0 aromatic heterocycles. The highest BCUT2D eigenvalue weighted by molar-refractivity contribution is 6.01. The van der Waals surface area contributed by atoms with Crippen molar-refractivity contribution in [1.82, 2.24) is 0 Å². The molecule has 0 aliphatic rings. The smallest absolute Gasteiger partial charge is 0.405 e. The van der Waals surface area contributed by atoms with Gasteiger partial charge in [0, 0.05) is 16.7 Å². The zero-order valence-electron chi connectivity index (χ0n) is 16.2. The van der Waals surface area contributed by atoms with Crippen molar-refractivity contribution in [3.8, 4) is 0 Å². The van der Waals surface area contributed by atoms with E-state index in [2.05, 4.69) is 5.32 Å². The highest BCUT2D eigenvalue weighted by atomic mass is 16.6. The summed E-state index contributed by atoms with van der Waals surface area (Å²) in [5.41, 5.74) is 4.19. The van der Waals surface area contributed by atoms with E-state index in [0.717, 1.165) is 10.8 Å². The van der Waals surface area contributed by atoms with Gasteiger partial charge in [0.1, 0.15) is 0 Å². The van der Waals surface area contributed by atoms with Crippen molar-refractivity contribution < 1.29 is 14.3 Å². The molecule has 1 atom stereocenters. The first-order valence-corrected chi connectivity index (χ1v) is 9.08. The molecule has 3 aromatic carbocycles. The summed E-state index contributed by atoms with van der Waals surface area (Å²) in [7, 11) is 0. The third-order valence-corrected chi connectivity index (χ3v) is 4.82. The van der Waals surface area contributed by atoms with E-state index in [0.29, 0.717) is 11.3 Å². The molecule has 0 saturated carbocycles. The molecule has 3 N–H and O–H groups in total. The Morgan fingerprint density at radius 3 is 2.07 bits per heavy atom. The summed E-state index contributed by atoms with van der Waals surface area (Å²) in [5, 5.41) is 4.98. The number of nitrogens with one attached hydrogen (secondary N) is 1. The number of amides is 2. The number of rotatable bonds is 4. The molecule has 3 aromatic rings. The summed E-state index contributed by atoms with van der Waals surface area (Å²) in [6.07, 6.45) is -1.01. The van der Waals surface area contributed by atoms with Crippen LogP contribution in [0.15, 0.2) is 72.8 Å². The lowest BCUT2D eigenvalue weighted by Crippen LogP contribution is -2.54. The Morgan fingerprint density at radius 1 is 0.857 bits per heavy atom. The highest BCUT2D eigenvalue weighted by Crippen LogP contribution is 2.44. The molecular formula is C23H24N2O3. The molecule has 3 rings (SSSR count). The lowest BCUT2D eigenvalue weighted by Gasteiger charge is -2.42. The first kappa shape index (κ1) is 19.4. The van der Waals surface area contributed by atoms with E-state index in [4.69, 9.17) is 10.5 Å². The summed E-state index contributed by atoms with van der Waals surface area (Å²) in [6, 6.07) is 22.5. The Bertz CT molecular complexity index is 1010. The van der Waals surface area contributed by atoms with Gasteiger partial charge in [-0.1, -0.05) is 81.4 Å². The number of carbonyl (C=O) groups excluding carboxylic acids is 2. The minimum absolute atomic E-state index is 0.458. The van der Waals surface area contributed by atoms with Gasteiger partial charge in [-0.05, 0) is 22.9 Å². The molecular weight excluding hydrogens is 352 g/mol. The number of anilines is 1. The lowest BCUT2D eigenvalue weighted by molar-refractivity contribution is -0.148. The van der Waals surface area contributed by atoms with E-state index < -0.39 is 23.0 Å². The topological polar surface area (TPSA) is 81.4 Å². The quantitative estimate of drug-likeness (QED) is 0.685. The van der Waals surface area contributed by atoms with Crippen molar-refractivity contribution in [2.45, 2.75) is 26.4 Å². The van der Waals surface area contributed by atoms with Crippen molar-refractivity contribution in [3.05, 3.63) is 78.4 Å². The fourth-order valence-electron chi connectivity index (χ4n) is 3.47. The Balaban J connectivity index is 2.08. The van der Waals surface area contributed by atoms with Gasteiger partial charge in [0.2, 0.25) is 5.60 Å². The molecule has 0 aliphatic heterocycles. The number of carbonyl (C=O) groups is 2.